The minimum atomic E-state index is -0.368. The molecule has 0 amide bonds. The van der Waals surface area contributed by atoms with Crippen molar-refractivity contribution >= 4 is 27.3 Å². The first-order valence-corrected chi connectivity index (χ1v) is 6.12. The van der Waals surface area contributed by atoms with Gasteiger partial charge in [-0.05, 0) is 18.6 Å². The summed E-state index contributed by atoms with van der Waals surface area (Å²) in [5.41, 5.74) is 0.704. The fourth-order valence-corrected chi connectivity index (χ4v) is 1.75. The molecular weight excluding hydrogens is 272 g/mol. The number of benzene rings is 1. The summed E-state index contributed by atoms with van der Waals surface area (Å²) >= 11 is 3.23. The lowest BCUT2D eigenvalue weighted by Crippen LogP contribution is -2.04. The molecule has 1 N–H and O–H groups in total. The lowest BCUT2D eigenvalue weighted by atomic mass is 10.2. The average Bonchev–Trinajstić information content (AvgIpc) is 2.26. The molecule has 0 aliphatic heterocycles. The molecule has 0 unspecified atom stereocenters. The Morgan fingerprint density at radius 2 is 2.19 bits per heavy atom. The molecule has 4 nitrogen and oxygen atoms in total. The number of nitrogens with zero attached hydrogens (tertiary/aromatic N) is 1. The van der Waals surface area contributed by atoms with Gasteiger partial charge in [-0.2, -0.15) is 0 Å². The van der Waals surface area contributed by atoms with Crippen LogP contribution in [0.2, 0.25) is 0 Å². The quantitative estimate of drug-likeness (QED) is 0.489. The highest BCUT2D eigenvalue weighted by atomic mass is 79.9. The van der Waals surface area contributed by atoms with Gasteiger partial charge in [0.15, 0.2) is 0 Å². The van der Waals surface area contributed by atoms with Crippen LogP contribution in [0.3, 0.4) is 0 Å². The van der Waals surface area contributed by atoms with E-state index in [2.05, 4.69) is 28.2 Å². The molecule has 0 radical (unpaired) electrons. The van der Waals surface area contributed by atoms with Crippen LogP contribution in [0.4, 0.5) is 11.4 Å². The molecule has 16 heavy (non-hydrogen) atoms. The van der Waals surface area contributed by atoms with Gasteiger partial charge in [-0.25, -0.2) is 0 Å². The Hall–Kier alpha value is -1.10. The largest absolute Gasteiger partial charge is 0.379 e. The van der Waals surface area contributed by atoms with E-state index in [1.165, 1.54) is 6.07 Å². The molecular formula is C11H15BrN2O2. The Morgan fingerprint density at radius 3 is 2.81 bits per heavy atom. The summed E-state index contributed by atoms with van der Waals surface area (Å²) in [7, 11) is 0. The van der Waals surface area contributed by atoms with E-state index < -0.39 is 0 Å². The summed E-state index contributed by atoms with van der Waals surface area (Å²) < 4.78 is 0.721. The van der Waals surface area contributed by atoms with Crippen LogP contribution in [-0.4, -0.2) is 11.5 Å². The number of anilines is 1. The molecule has 0 saturated heterocycles. The molecule has 0 aromatic heterocycles. The predicted molar refractivity (Wildman–Crippen MR) is 68.8 cm³/mol. The van der Waals surface area contributed by atoms with Gasteiger partial charge in [0.2, 0.25) is 0 Å². The van der Waals surface area contributed by atoms with E-state index in [9.17, 15) is 10.1 Å². The first-order valence-electron chi connectivity index (χ1n) is 5.33. The third-order valence-electron chi connectivity index (χ3n) is 2.25. The van der Waals surface area contributed by atoms with E-state index in [4.69, 9.17) is 0 Å². The van der Waals surface area contributed by atoms with Gasteiger partial charge in [-0.15, -0.1) is 0 Å². The molecule has 88 valence electrons. The van der Waals surface area contributed by atoms with E-state index in [1.807, 2.05) is 0 Å². The van der Waals surface area contributed by atoms with Crippen molar-refractivity contribution in [1.82, 2.24) is 0 Å². The molecule has 0 bridgehead atoms. The molecule has 1 rings (SSSR count). The van der Waals surface area contributed by atoms with Crippen molar-refractivity contribution in [3.05, 3.63) is 32.8 Å². The summed E-state index contributed by atoms with van der Waals surface area (Å²) in [5, 5.41) is 13.9. The first kappa shape index (κ1) is 13.0. The van der Waals surface area contributed by atoms with Gasteiger partial charge in [-0.1, -0.05) is 35.7 Å². The number of rotatable bonds is 6. The Labute approximate surface area is 103 Å². The minimum Gasteiger partial charge on any atom is -0.379 e. The highest BCUT2D eigenvalue weighted by molar-refractivity contribution is 9.10. The summed E-state index contributed by atoms with van der Waals surface area (Å²) in [6, 6.07) is 5.05. The van der Waals surface area contributed by atoms with E-state index >= 15 is 0 Å². The van der Waals surface area contributed by atoms with Crippen molar-refractivity contribution in [3.8, 4) is 0 Å². The van der Waals surface area contributed by atoms with Crippen LogP contribution in [0.15, 0.2) is 22.7 Å². The zero-order valence-electron chi connectivity index (χ0n) is 9.20. The SMILES string of the molecule is CCCCCNc1ccc(Br)cc1[N+](=O)[O-]. The third kappa shape index (κ3) is 3.81. The Kier molecular flexibility index (Phi) is 5.25. The standard InChI is InChI=1S/C11H15BrN2O2/c1-2-3-4-7-13-10-6-5-9(12)8-11(10)14(15)16/h5-6,8,13H,2-4,7H2,1H3. The maximum Gasteiger partial charge on any atom is 0.293 e. The minimum absolute atomic E-state index is 0.117. The van der Waals surface area contributed by atoms with Crippen LogP contribution >= 0.6 is 15.9 Å². The van der Waals surface area contributed by atoms with Gasteiger partial charge in [0.25, 0.3) is 5.69 Å². The van der Waals surface area contributed by atoms with Gasteiger partial charge in [0.1, 0.15) is 5.69 Å². The van der Waals surface area contributed by atoms with E-state index in [-0.39, 0.29) is 10.6 Å². The van der Waals surface area contributed by atoms with Gasteiger partial charge in [-0.3, -0.25) is 10.1 Å². The topological polar surface area (TPSA) is 55.2 Å². The molecule has 0 fully saturated rings. The number of nitro groups is 1. The van der Waals surface area contributed by atoms with Gasteiger partial charge in [0, 0.05) is 17.1 Å². The Morgan fingerprint density at radius 1 is 1.44 bits per heavy atom. The van der Waals surface area contributed by atoms with Crippen LogP contribution in [0.5, 0.6) is 0 Å². The number of hydrogen-bond acceptors (Lipinski definition) is 3. The van der Waals surface area contributed by atoms with Crippen LogP contribution in [0.1, 0.15) is 26.2 Å². The second-order valence-corrected chi connectivity index (χ2v) is 4.47. The molecule has 0 aliphatic rings. The number of unbranched alkanes of at least 4 members (excludes halogenated alkanes) is 2. The molecule has 0 aliphatic carbocycles. The molecule has 0 spiro atoms. The second-order valence-electron chi connectivity index (χ2n) is 3.55. The van der Waals surface area contributed by atoms with Crippen LogP contribution in [-0.2, 0) is 0 Å². The van der Waals surface area contributed by atoms with Crippen LogP contribution < -0.4 is 5.32 Å². The maximum absolute atomic E-state index is 10.8. The zero-order chi connectivity index (χ0) is 12.0. The Balaban J connectivity index is 2.67. The molecule has 1 aromatic rings. The van der Waals surface area contributed by atoms with Crippen molar-refractivity contribution in [3.63, 3.8) is 0 Å². The fourth-order valence-electron chi connectivity index (χ4n) is 1.40. The van der Waals surface area contributed by atoms with Crippen molar-refractivity contribution in [2.24, 2.45) is 0 Å². The van der Waals surface area contributed by atoms with Gasteiger partial charge < -0.3 is 5.32 Å². The fraction of sp³-hybridized carbons (Fsp3) is 0.455. The second kappa shape index (κ2) is 6.48. The summed E-state index contributed by atoms with van der Waals surface area (Å²) in [4.78, 5) is 10.4. The van der Waals surface area contributed by atoms with E-state index in [0.29, 0.717) is 5.69 Å². The smallest absolute Gasteiger partial charge is 0.293 e. The molecule has 0 atom stereocenters. The molecule has 0 heterocycles. The molecule has 0 saturated carbocycles. The number of nitro benzene ring substituents is 1. The number of halogens is 1. The average molecular weight is 287 g/mol. The summed E-state index contributed by atoms with van der Waals surface area (Å²) in [5.74, 6) is 0. The lowest BCUT2D eigenvalue weighted by molar-refractivity contribution is -0.384. The van der Waals surface area contributed by atoms with Crippen LogP contribution in [0.25, 0.3) is 0 Å². The van der Waals surface area contributed by atoms with Crippen molar-refractivity contribution in [1.29, 1.82) is 0 Å². The summed E-state index contributed by atoms with van der Waals surface area (Å²) in [6.45, 7) is 2.90. The highest BCUT2D eigenvalue weighted by Crippen LogP contribution is 2.27. The normalized spacial score (nSPS) is 10.1. The van der Waals surface area contributed by atoms with E-state index in [1.54, 1.807) is 12.1 Å². The lowest BCUT2D eigenvalue weighted by Gasteiger charge is -2.06. The van der Waals surface area contributed by atoms with Gasteiger partial charge >= 0.3 is 0 Å². The van der Waals surface area contributed by atoms with Crippen molar-refractivity contribution in [2.75, 3.05) is 11.9 Å². The number of nitrogens with one attached hydrogen (secondary N) is 1. The van der Waals surface area contributed by atoms with Gasteiger partial charge in [0.05, 0.1) is 4.92 Å². The first-order chi connectivity index (χ1) is 7.65. The zero-order valence-corrected chi connectivity index (χ0v) is 10.8. The monoisotopic (exact) mass is 286 g/mol. The maximum atomic E-state index is 10.8. The van der Waals surface area contributed by atoms with E-state index in [0.717, 1.165) is 30.3 Å². The Bertz CT molecular complexity index is 369. The van der Waals surface area contributed by atoms with Crippen molar-refractivity contribution < 1.29 is 4.92 Å². The van der Waals surface area contributed by atoms with Crippen LogP contribution in [0, 0.1) is 10.1 Å². The molecule has 5 heteroatoms. The highest BCUT2D eigenvalue weighted by Gasteiger charge is 2.13. The number of hydrogen-bond donors (Lipinski definition) is 1. The summed E-state index contributed by atoms with van der Waals surface area (Å²) in [6.07, 6.45) is 3.31. The third-order valence-corrected chi connectivity index (χ3v) is 2.75. The van der Waals surface area contributed by atoms with Crippen molar-refractivity contribution in [2.45, 2.75) is 26.2 Å². The molecule has 1 aromatic carbocycles. The predicted octanol–water partition coefficient (Wildman–Crippen LogP) is 3.96.